The van der Waals surface area contributed by atoms with Gasteiger partial charge in [0.25, 0.3) is 0 Å². The molecule has 0 spiro atoms. The molecule has 5 heteroatoms. The van der Waals surface area contributed by atoms with Gasteiger partial charge in [-0.05, 0) is 6.42 Å². The molecule has 0 amide bonds. The van der Waals surface area contributed by atoms with E-state index in [1.807, 2.05) is 6.92 Å². The molecule has 0 bridgehead atoms. The Morgan fingerprint density at radius 1 is 1.55 bits per heavy atom. The molecular formula is C6H13O4P. The molecule has 0 aromatic heterocycles. The van der Waals surface area contributed by atoms with Crippen molar-refractivity contribution in [1.82, 2.24) is 0 Å². The Balaban J connectivity index is 3.38. The summed E-state index contributed by atoms with van der Waals surface area (Å²) in [5, 5.41) is 0. The van der Waals surface area contributed by atoms with Gasteiger partial charge in [-0.25, -0.2) is 0 Å². The molecule has 0 saturated heterocycles. The van der Waals surface area contributed by atoms with E-state index in [0.29, 0.717) is 6.61 Å². The second-order valence-electron chi connectivity index (χ2n) is 2.10. The fraction of sp³-hybridized carbons (Fsp3) is 0.667. The normalized spacial score (nSPS) is 12.3. The monoisotopic (exact) mass is 180 g/mol. The summed E-state index contributed by atoms with van der Waals surface area (Å²) in [6.07, 6.45) is 2.95. The minimum atomic E-state index is -4.02. The van der Waals surface area contributed by atoms with E-state index in [9.17, 15) is 4.57 Å². The smallest absolute Gasteiger partial charge is 0.352 e. The third-order valence-corrected chi connectivity index (χ3v) is 1.48. The first-order valence-corrected chi connectivity index (χ1v) is 5.09. The summed E-state index contributed by atoms with van der Waals surface area (Å²) in [6, 6.07) is 0. The zero-order valence-corrected chi connectivity index (χ0v) is 7.33. The molecule has 2 N–H and O–H groups in total. The molecule has 0 unspecified atom stereocenters. The maximum Gasteiger partial charge on any atom is 0.352 e. The van der Waals surface area contributed by atoms with Crippen molar-refractivity contribution in [3.8, 4) is 0 Å². The van der Waals surface area contributed by atoms with Crippen molar-refractivity contribution in [2.45, 2.75) is 19.8 Å². The molecule has 0 saturated carbocycles. The zero-order valence-electron chi connectivity index (χ0n) is 6.43. The molecule has 0 heterocycles. The van der Waals surface area contributed by atoms with Crippen LogP contribution >= 0.6 is 7.60 Å². The predicted molar refractivity (Wildman–Crippen MR) is 42.0 cm³/mol. The van der Waals surface area contributed by atoms with E-state index in [2.05, 4.69) is 0 Å². The minimum absolute atomic E-state index is 0.507. The van der Waals surface area contributed by atoms with Crippen LogP contribution < -0.4 is 0 Å². The van der Waals surface area contributed by atoms with Crippen LogP contribution in [0.5, 0.6) is 0 Å². The van der Waals surface area contributed by atoms with Gasteiger partial charge in [0.15, 0.2) is 0 Å². The largest absolute Gasteiger partial charge is 0.501 e. The first kappa shape index (κ1) is 10.7. The van der Waals surface area contributed by atoms with Crippen LogP contribution in [0.1, 0.15) is 19.8 Å². The van der Waals surface area contributed by atoms with Crippen LogP contribution in [0.3, 0.4) is 0 Å². The number of hydrogen-bond acceptors (Lipinski definition) is 2. The molecule has 0 atom stereocenters. The Bertz CT molecular complexity index is 160. The highest BCUT2D eigenvalue weighted by Gasteiger charge is 2.04. The number of ether oxygens (including phenoxy) is 1. The Kier molecular flexibility index (Phi) is 5.20. The molecule has 0 aromatic rings. The van der Waals surface area contributed by atoms with Gasteiger partial charge in [0, 0.05) is 0 Å². The van der Waals surface area contributed by atoms with Gasteiger partial charge in [0.1, 0.15) is 0 Å². The highest BCUT2D eigenvalue weighted by atomic mass is 31.2. The summed E-state index contributed by atoms with van der Waals surface area (Å²) < 4.78 is 15.0. The van der Waals surface area contributed by atoms with Crippen LogP contribution in [-0.4, -0.2) is 16.4 Å². The quantitative estimate of drug-likeness (QED) is 0.381. The van der Waals surface area contributed by atoms with Crippen molar-refractivity contribution >= 4 is 7.60 Å². The van der Waals surface area contributed by atoms with E-state index in [4.69, 9.17) is 14.5 Å². The molecule has 0 aliphatic rings. The van der Waals surface area contributed by atoms with Gasteiger partial charge in [0.2, 0.25) is 0 Å². The Morgan fingerprint density at radius 3 is 2.64 bits per heavy atom. The summed E-state index contributed by atoms with van der Waals surface area (Å²) in [5.74, 6) is 0.753. The number of rotatable bonds is 5. The summed E-state index contributed by atoms with van der Waals surface area (Å²) in [6.45, 7) is 2.52. The van der Waals surface area contributed by atoms with Gasteiger partial charge in [-0.3, -0.25) is 4.57 Å². The maximum absolute atomic E-state index is 10.2. The van der Waals surface area contributed by atoms with Crippen molar-refractivity contribution in [3.05, 3.63) is 12.1 Å². The van der Waals surface area contributed by atoms with E-state index in [0.717, 1.165) is 24.9 Å². The zero-order chi connectivity index (χ0) is 8.74. The van der Waals surface area contributed by atoms with Gasteiger partial charge >= 0.3 is 7.60 Å². The molecule has 0 aliphatic heterocycles. The predicted octanol–water partition coefficient (Wildman–Crippen LogP) is 1.45. The van der Waals surface area contributed by atoms with Gasteiger partial charge in [-0.15, -0.1) is 0 Å². The van der Waals surface area contributed by atoms with Crippen LogP contribution in [-0.2, 0) is 9.30 Å². The Morgan fingerprint density at radius 2 is 2.18 bits per heavy atom. The van der Waals surface area contributed by atoms with Crippen molar-refractivity contribution in [2.24, 2.45) is 0 Å². The van der Waals surface area contributed by atoms with Crippen LogP contribution in [0.15, 0.2) is 12.1 Å². The number of hydrogen-bond donors (Lipinski definition) is 2. The van der Waals surface area contributed by atoms with Crippen molar-refractivity contribution in [1.29, 1.82) is 0 Å². The highest BCUT2D eigenvalue weighted by Crippen LogP contribution is 2.35. The SMILES string of the molecule is CCCCOC=CP(=O)(O)O. The van der Waals surface area contributed by atoms with Crippen LogP contribution in [0.25, 0.3) is 0 Å². The summed E-state index contributed by atoms with van der Waals surface area (Å²) in [5.41, 5.74) is 0. The molecule has 0 aliphatic carbocycles. The molecular weight excluding hydrogens is 167 g/mol. The first-order valence-electron chi connectivity index (χ1n) is 3.41. The van der Waals surface area contributed by atoms with E-state index in [1.54, 1.807) is 0 Å². The average Bonchev–Trinajstić information content (AvgIpc) is 1.85. The summed E-state index contributed by atoms with van der Waals surface area (Å²) >= 11 is 0. The molecule has 0 rings (SSSR count). The van der Waals surface area contributed by atoms with Crippen LogP contribution in [0.4, 0.5) is 0 Å². The fourth-order valence-corrected chi connectivity index (χ4v) is 0.663. The van der Waals surface area contributed by atoms with E-state index in [-0.39, 0.29) is 0 Å². The summed E-state index contributed by atoms with van der Waals surface area (Å²) in [4.78, 5) is 16.6. The highest BCUT2D eigenvalue weighted by molar-refractivity contribution is 7.55. The lowest BCUT2D eigenvalue weighted by Gasteiger charge is -1.98. The fourth-order valence-electron chi connectivity index (χ4n) is 0.418. The molecule has 0 aromatic carbocycles. The Labute approximate surface area is 66.0 Å². The lowest BCUT2D eigenvalue weighted by Crippen LogP contribution is -1.84. The standard InChI is InChI=1S/C6H13O4P/c1-2-3-4-10-5-6-11(7,8)9/h5-6H,2-4H2,1H3,(H2,7,8,9). The molecule has 66 valence electrons. The minimum Gasteiger partial charge on any atom is -0.501 e. The van der Waals surface area contributed by atoms with Gasteiger partial charge in [-0.2, -0.15) is 0 Å². The molecule has 0 radical (unpaired) electrons. The van der Waals surface area contributed by atoms with Gasteiger partial charge < -0.3 is 14.5 Å². The number of unbranched alkanes of at least 4 members (excludes halogenated alkanes) is 1. The Hall–Kier alpha value is -0.310. The summed E-state index contributed by atoms with van der Waals surface area (Å²) in [7, 11) is -4.02. The van der Waals surface area contributed by atoms with Crippen LogP contribution in [0.2, 0.25) is 0 Å². The third kappa shape index (κ3) is 9.69. The lowest BCUT2D eigenvalue weighted by atomic mass is 10.4. The van der Waals surface area contributed by atoms with Gasteiger partial charge in [-0.1, -0.05) is 13.3 Å². The lowest BCUT2D eigenvalue weighted by molar-refractivity contribution is 0.243. The van der Waals surface area contributed by atoms with E-state index < -0.39 is 7.60 Å². The van der Waals surface area contributed by atoms with Crippen molar-refractivity contribution in [2.75, 3.05) is 6.61 Å². The second-order valence-corrected chi connectivity index (χ2v) is 3.57. The first-order chi connectivity index (χ1) is 5.06. The average molecular weight is 180 g/mol. The van der Waals surface area contributed by atoms with E-state index in [1.165, 1.54) is 0 Å². The van der Waals surface area contributed by atoms with Gasteiger partial charge in [0.05, 0.1) is 18.7 Å². The topological polar surface area (TPSA) is 66.8 Å². The molecule has 0 fully saturated rings. The maximum atomic E-state index is 10.2. The third-order valence-electron chi connectivity index (χ3n) is 0.967. The van der Waals surface area contributed by atoms with Crippen LogP contribution in [0, 0.1) is 0 Å². The van der Waals surface area contributed by atoms with Crippen molar-refractivity contribution < 1.29 is 19.1 Å². The van der Waals surface area contributed by atoms with E-state index >= 15 is 0 Å². The second kappa shape index (κ2) is 5.35. The molecule has 4 nitrogen and oxygen atoms in total. The van der Waals surface area contributed by atoms with Crippen molar-refractivity contribution in [3.63, 3.8) is 0 Å². The molecule has 11 heavy (non-hydrogen) atoms.